The molecule has 2 aromatic carbocycles. The summed E-state index contributed by atoms with van der Waals surface area (Å²) in [4.78, 5) is 8.59. The number of fused-ring (bicyclic) bond motifs is 4. The van der Waals surface area contributed by atoms with Gasteiger partial charge in [0.05, 0.1) is 23.9 Å². The summed E-state index contributed by atoms with van der Waals surface area (Å²) in [5.74, 6) is 2.66. The van der Waals surface area contributed by atoms with Gasteiger partial charge in [-0.2, -0.15) is 0 Å². The molecule has 0 saturated carbocycles. The second-order valence-corrected chi connectivity index (χ2v) is 5.81. The Bertz CT molecular complexity index is 965. The highest BCUT2D eigenvalue weighted by Crippen LogP contribution is 2.30. The van der Waals surface area contributed by atoms with Crippen LogP contribution in [0.25, 0.3) is 0 Å². The monoisotopic (exact) mass is 370 g/mol. The Kier molecular flexibility index (Phi) is 5.30. The van der Waals surface area contributed by atoms with Crippen LogP contribution < -0.4 is 20.1 Å². The maximum absolute atomic E-state index is 5.73. The molecule has 2 heterocycles. The van der Waals surface area contributed by atoms with Gasteiger partial charge in [0.25, 0.3) is 0 Å². The van der Waals surface area contributed by atoms with Crippen LogP contribution in [0.1, 0.15) is 0 Å². The van der Waals surface area contributed by atoms with Crippen LogP contribution in [0.15, 0.2) is 97.8 Å². The molecule has 6 nitrogen and oxygen atoms in total. The molecular weight excluding hydrogens is 352 g/mol. The highest BCUT2D eigenvalue weighted by molar-refractivity contribution is 5.69. The Morgan fingerprint density at radius 1 is 0.607 bits per heavy atom. The second kappa shape index (κ2) is 8.55. The molecule has 0 spiro atoms. The highest BCUT2D eigenvalue weighted by atomic mass is 16.5. The molecule has 4 rings (SSSR count). The molecule has 3 aromatic rings. The molecule has 138 valence electrons. The van der Waals surface area contributed by atoms with E-state index in [1.165, 1.54) is 6.33 Å². The number of benzene rings is 2. The van der Waals surface area contributed by atoms with Crippen LogP contribution >= 0.6 is 0 Å². The van der Waals surface area contributed by atoms with Crippen molar-refractivity contribution >= 4 is 23.0 Å². The van der Waals surface area contributed by atoms with Crippen molar-refractivity contribution < 1.29 is 9.47 Å². The van der Waals surface area contributed by atoms with Gasteiger partial charge in [0.15, 0.2) is 0 Å². The number of nitrogens with zero attached hydrogens (tertiary/aromatic N) is 2. The Morgan fingerprint density at radius 2 is 1.11 bits per heavy atom. The fourth-order valence-corrected chi connectivity index (χ4v) is 2.56. The third-order valence-corrected chi connectivity index (χ3v) is 3.85. The SMILES string of the molecule is C1=C/C=C/Oc2ccccc2Nc2cc(ncn2)Nc2ccccc2OC=C1. The summed E-state index contributed by atoms with van der Waals surface area (Å²) in [5, 5.41) is 6.54. The van der Waals surface area contributed by atoms with Crippen molar-refractivity contribution in [2.75, 3.05) is 10.6 Å². The number of para-hydroxylation sites is 4. The van der Waals surface area contributed by atoms with Gasteiger partial charge in [-0.25, -0.2) is 9.97 Å². The third-order valence-electron chi connectivity index (χ3n) is 3.85. The smallest absolute Gasteiger partial charge is 0.149 e. The molecule has 0 aliphatic carbocycles. The Balaban J connectivity index is 1.71. The zero-order chi connectivity index (χ0) is 19.0. The van der Waals surface area contributed by atoms with Crippen molar-refractivity contribution in [1.82, 2.24) is 9.97 Å². The average molecular weight is 370 g/mol. The van der Waals surface area contributed by atoms with E-state index in [-0.39, 0.29) is 0 Å². The van der Waals surface area contributed by atoms with Gasteiger partial charge in [-0.1, -0.05) is 36.4 Å². The summed E-state index contributed by atoms with van der Waals surface area (Å²) in [7, 11) is 0. The summed E-state index contributed by atoms with van der Waals surface area (Å²) in [6, 6.07) is 17.1. The van der Waals surface area contributed by atoms with Gasteiger partial charge < -0.3 is 20.1 Å². The number of nitrogens with one attached hydrogen (secondary N) is 2. The number of allylic oxidation sites excluding steroid dienone is 4. The third kappa shape index (κ3) is 4.37. The molecule has 6 heteroatoms. The first-order chi connectivity index (χ1) is 13.9. The first-order valence-electron chi connectivity index (χ1n) is 8.74. The second-order valence-electron chi connectivity index (χ2n) is 5.81. The first-order valence-corrected chi connectivity index (χ1v) is 8.74. The van der Waals surface area contributed by atoms with E-state index in [1.807, 2.05) is 66.7 Å². The highest BCUT2D eigenvalue weighted by Gasteiger charge is 2.07. The van der Waals surface area contributed by atoms with Crippen LogP contribution in [0.5, 0.6) is 11.5 Å². The van der Waals surface area contributed by atoms with Gasteiger partial charge in [-0.15, -0.1) is 0 Å². The van der Waals surface area contributed by atoms with Crippen LogP contribution in [0, 0.1) is 0 Å². The number of hydrogen-bond donors (Lipinski definition) is 2. The number of anilines is 4. The van der Waals surface area contributed by atoms with Crippen molar-refractivity contribution in [1.29, 1.82) is 0 Å². The molecule has 2 N–H and O–H groups in total. The molecule has 1 aliphatic rings. The van der Waals surface area contributed by atoms with E-state index in [1.54, 1.807) is 24.7 Å². The Labute approximate surface area is 162 Å². The maximum atomic E-state index is 5.73. The van der Waals surface area contributed by atoms with E-state index in [0.29, 0.717) is 23.1 Å². The van der Waals surface area contributed by atoms with E-state index in [0.717, 1.165) is 11.4 Å². The van der Waals surface area contributed by atoms with Crippen LogP contribution in [-0.4, -0.2) is 9.97 Å². The minimum absolute atomic E-state index is 0.639. The predicted molar refractivity (Wildman–Crippen MR) is 110 cm³/mol. The molecule has 0 radical (unpaired) electrons. The zero-order valence-corrected chi connectivity index (χ0v) is 14.9. The van der Waals surface area contributed by atoms with Crippen LogP contribution in [0.4, 0.5) is 23.0 Å². The molecule has 1 aliphatic heterocycles. The lowest BCUT2D eigenvalue weighted by Crippen LogP contribution is -2.00. The molecular formula is C22H18N4O2. The van der Waals surface area contributed by atoms with Gasteiger partial charge in [-0.3, -0.25) is 0 Å². The Morgan fingerprint density at radius 3 is 1.64 bits per heavy atom. The number of ether oxygens (including phenoxy) is 2. The normalized spacial score (nSPS) is 14.1. The van der Waals surface area contributed by atoms with Gasteiger partial charge in [-0.05, 0) is 36.4 Å². The van der Waals surface area contributed by atoms with Crippen molar-refractivity contribution in [3.8, 4) is 11.5 Å². The predicted octanol–water partition coefficient (Wildman–Crippen LogP) is 5.32. The first kappa shape index (κ1) is 17.4. The molecule has 0 fully saturated rings. The molecule has 0 saturated heterocycles. The minimum Gasteiger partial charge on any atom is -0.463 e. The van der Waals surface area contributed by atoms with Crippen LogP contribution in [-0.2, 0) is 0 Å². The lowest BCUT2D eigenvalue weighted by Gasteiger charge is -2.12. The fourth-order valence-electron chi connectivity index (χ4n) is 2.56. The number of rotatable bonds is 0. The molecule has 1 aromatic heterocycles. The van der Waals surface area contributed by atoms with Gasteiger partial charge in [0.1, 0.15) is 29.5 Å². The van der Waals surface area contributed by atoms with E-state index in [4.69, 9.17) is 9.47 Å². The molecule has 0 amide bonds. The summed E-state index contributed by atoms with van der Waals surface area (Å²) in [6.45, 7) is 0. The van der Waals surface area contributed by atoms with Crippen molar-refractivity contribution in [3.63, 3.8) is 0 Å². The quantitative estimate of drug-likeness (QED) is 0.558. The summed E-state index contributed by atoms with van der Waals surface area (Å²) in [6.07, 6.45) is 12.0. The van der Waals surface area contributed by atoms with E-state index in [9.17, 15) is 0 Å². The van der Waals surface area contributed by atoms with E-state index < -0.39 is 0 Å². The zero-order valence-electron chi connectivity index (χ0n) is 14.9. The molecule has 0 unspecified atom stereocenters. The summed E-state index contributed by atoms with van der Waals surface area (Å²) >= 11 is 0. The standard InChI is InChI=1S/C22H18N4O2/c1-2-8-14-28-20-12-6-4-10-18(20)26-22-15-21(23-16-24-22)25-17-9-3-5-11-19(17)27-13-7-1/h1-16H,(H2,23,24,25,26)/b2-1?,13-7+,14-8?. The number of aromatic nitrogens is 2. The van der Waals surface area contributed by atoms with Gasteiger partial charge >= 0.3 is 0 Å². The van der Waals surface area contributed by atoms with Crippen molar-refractivity contribution in [3.05, 3.63) is 97.8 Å². The molecule has 0 atom stereocenters. The van der Waals surface area contributed by atoms with E-state index in [2.05, 4.69) is 20.6 Å². The fraction of sp³-hybridized carbons (Fsp3) is 0. The largest absolute Gasteiger partial charge is 0.463 e. The number of hydrogen-bond acceptors (Lipinski definition) is 6. The van der Waals surface area contributed by atoms with Crippen LogP contribution in [0.3, 0.4) is 0 Å². The van der Waals surface area contributed by atoms with Crippen molar-refractivity contribution in [2.45, 2.75) is 0 Å². The lowest BCUT2D eigenvalue weighted by molar-refractivity contribution is 0.483. The van der Waals surface area contributed by atoms with Crippen LogP contribution in [0.2, 0.25) is 0 Å². The summed E-state index contributed by atoms with van der Waals surface area (Å²) < 4.78 is 11.5. The minimum atomic E-state index is 0.639. The average Bonchev–Trinajstić information content (AvgIpc) is 2.72. The molecule has 2 bridgehead atoms. The van der Waals surface area contributed by atoms with Crippen molar-refractivity contribution in [2.24, 2.45) is 0 Å². The van der Waals surface area contributed by atoms with Gasteiger partial charge in [0.2, 0.25) is 0 Å². The topological polar surface area (TPSA) is 68.3 Å². The summed E-state index contributed by atoms with van der Waals surface area (Å²) in [5.41, 5.74) is 1.60. The van der Waals surface area contributed by atoms with Gasteiger partial charge in [0, 0.05) is 6.07 Å². The Hall–Kier alpha value is -4.06. The lowest BCUT2D eigenvalue weighted by atomic mass is 10.3. The molecule has 28 heavy (non-hydrogen) atoms. The maximum Gasteiger partial charge on any atom is 0.149 e. The van der Waals surface area contributed by atoms with E-state index >= 15 is 0 Å².